The summed E-state index contributed by atoms with van der Waals surface area (Å²) >= 11 is 0. The molecule has 1 atom stereocenters. The maximum Gasteiger partial charge on any atom is 0.251 e. The number of halogens is 1. The van der Waals surface area contributed by atoms with Crippen molar-refractivity contribution in [2.24, 2.45) is 0 Å². The van der Waals surface area contributed by atoms with Crippen LogP contribution in [-0.2, 0) is 9.84 Å². The zero-order valence-corrected chi connectivity index (χ0v) is 14.2. The lowest BCUT2D eigenvalue weighted by Crippen LogP contribution is -2.38. The summed E-state index contributed by atoms with van der Waals surface area (Å²) in [5, 5.41) is 6.00. The van der Waals surface area contributed by atoms with Gasteiger partial charge >= 0.3 is 0 Å². The average molecular weight is 335 g/mol. The highest BCUT2D eigenvalue weighted by molar-refractivity contribution is 7.91. The van der Waals surface area contributed by atoms with Crippen LogP contribution in [0.4, 0.5) is 0 Å². The Morgan fingerprint density at radius 1 is 1.19 bits per heavy atom. The first-order valence-electron chi connectivity index (χ1n) is 6.75. The molecule has 2 N–H and O–H groups in total. The van der Waals surface area contributed by atoms with Crippen molar-refractivity contribution in [1.29, 1.82) is 0 Å². The van der Waals surface area contributed by atoms with E-state index in [1.807, 2.05) is 13.8 Å². The normalized spacial score (nSPS) is 12.3. The van der Waals surface area contributed by atoms with Crippen LogP contribution in [0.1, 0.15) is 31.1 Å². The third-order valence-corrected chi connectivity index (χ3v) is 4.73. The topological polar surface area (TPSA) is 75.3 Å². The Balaban J connectivity index is 0.00000400. The number of hydrogen-bond donors (Lipinski definition) is 2. The van der Waals surface area contributed by atoms with Gasteiger partial charge in [-0.1, -0.05) is 13.8 Å². The van der Waals surface area contributed by atoms with E-state index in [1.54, 1.807) is 6.92 Å². The second-order valence-electron chi connectivity index (χ2n) is 4.60. The summed E-state index contributed by atoms with van der Waals surface area (Å²) < 4.78 is 23.3. The SMILES string of the molecule is CCN[C@H](C)CNC(=O)c1ccc(S(=O)(=O)CC)cc1.Cl. The first kappa shape index (κ1) is 19.9. The Hall–Kier alpha value is -1.11. The lowest BCUT2D eigenvalue weighted by atomic mass is 10.2. The van der Waals surface area contributed by atoms with Crippen molar-refractivity contribution in [2.75, 3.05) is 18.8 Å². The molecule has 5 nitrogen and oxygen atoms in total. The van der Waals surface area contributed by atoms with E-state index in [2.05, 4.69) is 10.6 Å². The lowest BCUT2D eigenvalue weighted by molar-refractivity contribution is 0.0950. The Morgan fingerprint density at radius 3 is 2.24 bits per heavy atom. The summed E-state index contributed by atoms with van der Waals surface area (Å²) in [6.07, 6.45) is 0. The molecule has 1 amide bonds. The fraction of sp³-hybridized carbons (Fsp3) is 0.500. The molecule has 7 heteroatoms. The highest BCUT2D eigenvalue weighted by atomic mass is 35.5. The van der Waals surface area contributed by atoms with Crippen molar-refractivity contribution >= 4 is 28.2 Å². The molecule has 21 heavy (non-hydrogen) atoms. The molecule has 120 valence electrons. The molecule has 1 aromatic rings. The zero-order valence-electron chi connectivity index (χ0n) is 12.5. The number of nitrogens with one attached hydrogen (secondary N) is 2. The molecule has 0 radical (unpaired) electrons. The molecule has 0 saturated carbocycles. The Bertz CT molecular complexity index is 544. The van der Waals surface area contributed by atoms with E-state index in [0.717, 1.165) is 6.54 Å². The van der Waals surface area contributed by atoms with E-state index < -0.39 is 9.84 Å². The molecule has 0 bridgehead atoms. The van der Waals surface area contributed by atoms with Gasteiger partial charge in [0, 0.05) is 18.2 Å². The van der Waals surface area contributed by atoms with Crippen LogP contribution in [0.25, 0.3) is 0 Å². The minimum Gasteiger partial charge on any atom is -0.350 e. The summed E-state index contributed by atoms with van der Waals surface area (Å²) in [4.78, 5) is 12.1. The summed E-state index contributed by atoms with van der Waals surface area (Å²) in [6, 6.07) is 6.22. The fourth-order valence-corrected chi connectivity index (χ4v) is 2.63. The number of hydrogen-bond acceptors (Lipinski definition) is 4. The van der Waals surface area contributed by atoms with Gasteiger partial charge < -0.3 is 10.6 Å². The van der Waals surface area contributed by atoms with Gasteiger partial charge in [0.15, 0.2) is 9.84 Å². The predicted molar refractivity (Wildman–Crippen MR) is 86.9 cm³/mol. The molecule has 0 aliphatic heterocycles. The molecular weight excluding hydrogens is 312 g/mol. The first-order valence-corrected chi connectivity index (χ1v) is 8.40. The van der Waals surface area contributed by atoms with Crippen molar-refractivity contribution in [3.05, 3.63) is 29.8 Å². The van der Waals surface area contributed by atoms with Crippen LogP contribution >= 0.6 is 12.4 Å². The summed E-state index contributed by atoms with van der Waals surface area (Å²) in [5.74, 6) is -0.145. The van der Waals surface area contributed by atoms with Gasteiger partial charge in [-0.05, 0) is 37.7 Å². The number of rotatable bonds is 7. The second kappa shape index (κ2) is 9.02. The van der Waals surface area contributed by atoms with E-state index in [1.165, 1.54) is 24.3 Å². The molecular formula is C14H23ClN2O3S. The van der Waals surface area contributed by atoms with Gasteiger partial charge in [0.25, 0.3) is 5.91 Å². The second-order valence-corrected chi connectivity index (χ2v) is 6.87. The van der Waals surface area contributed by atoms with Crippen molar-refractivity contribution in [3.63, 3.8) is 0 Å². The van der Waals surface area contributed by atoms with Gasteiger partial charge in [0.2, 0.25) is 0 Å². The molecule has 0 spiro atoms. The van der Waals surface area contributed by atoms with Crippen molar-refractivity contribution in [2.45, 2.75) is 31.7 Å². The van der Waals surface area contributed by atoms with Gasteiger partial charge in [-0.3, -0.25) is 4.79 Å². The standard InChI is InChI=1S/C14H22N2O3S.ClH/c1-4-15-11(3)10-16-14(17)12-6-8-13(9-7-12)20(18,19)5-2;/h6-9,11,15H,4-5,10H2,1-3H3,(H,16,17);1H/t11-;/m1./s1. The fourth-order valence-electron chi connectivity index (χ4n) is 1.75. The number of benzene rings is 1. The van der Waals surface area contributed by atoms with E-state index in [0.29, 0.717) is 12.1 Å². The van der Waals surface area contributed by atoms with Crippen LogP contribution < -0.4 is 10.6 Å². The maximum atomic E-state index is 11.9. The monoisotopic (exact) mass is 334 g/mol. The Kier molecular flexibility index (Phi) is 8.54. The highest BCUT2D eigenvalue weighted by Gasteiger charge is 2.13. The molecule has 1 rings (SSSR count). The highest BCUT2D eigenvalue weighted by Crippen LogP contribution is 2.12. The van der Waals surface area contributed by atoms with E-state index in [4.69, 9.17) is 0 Å². The van der Waals surface area contributed by atoms with Crippen molar-refractivity contribution in [3.8, 4) is 0 Å². The van der Waals surface area contributed by atoms with E-state index >= 15 is 0 Å². The molecule has 1 aromatic carbocycles. The summed E-state index contributed by atoms with van der Waals surface area (Å²) in [5.41, 5.74) is 0.462. The van der Waals surface area contributed by atoms with Crippen LogP contribution in [0, 0.1) is 0 Å². The number of amides is 1. The number of likely N-dealkylation sites (N-methyl/N-ethyl adjacent to an activating group) is 1. The van der Waals surface area contributed by atoms with Crippen molar-refractivity contribution in [1.82, 2.24) is 10.6 Å². The maximum absolute atomic E-state index is 11.9. The lowest BCUT2D eigenvalue weighted by Gasteiger charge is -2.13. The van der Waals surface area contributed by atoms with E-state index in [-0.39, 0.29) is 35.0 Å². The quantitative estimate of drug-likeness (QED) is 0.794. The summed E-state index contributed by atoms with van der Waals surface area (Å²) in [6.45, 7) is 6.96. The van der Waals surface area contributed by atoms with Crippen LogP contribution in [-0.4, -0.2) is 39.2 Å². The molecule has 0 aliphatic carbocycles. The predicted octanol–water partition coefficient (Wildman–Crippen LogP) is 1.63. The number of sulfone groups is 1. The molecule has 0 aliphatic rings. The van der Waals surface area contributed by atoms with Gasteiger partial charge in [0.1, 0.15) is 0 Å². The van der Waals surface area contributed by atoms with Crippen LogP contribution in [0.3, 0.4) is 0 Å². The number of carbonyl (C=O) groups is 1. The molecule has 0 aromatic heterocycles. The molecule has 0 fully saturated rings. The minimum absolute atomic E-state index is 0. The van der Waals surface area contributed by atoms with Gasteiger partial charge in [-0.25, -0.2) is 8.42 Å². The minimum atomic E-state index is -3.22. The van der Waals surface area contributed by atoms with Gasteiger partial charge in [-0.2, -0.15) is 0 Å². The Labute approximate surface area is 132 Å². The van der Waals surface area contributed by atoms with Gasteiger partial charge in [0.05, 0.1) is 10.6 Å². The third kappa shape index (κ3) is 6.03. The zero-order chi connectivity index (χ0) is 15.2. The average Bonchev–Trinajstić information content (AvgIpc) is 2.45. The van der Waals surface area contributed by atoms with E-state index in [9.17, 15) is 13.2 Å². The van der Waals surface area contributed by atoms with Crippen molar-refractivity contribution < 1.29 is 13.2 Å². The Morgan fingerprint density at radius 2 is 1.76 bits per heavy atom. The van der Waals surface area contributed by atoms with Crippen LogP contribution in [0.5, 0.6) is 0 Å². The first-order chi connectivity index (χ1) is 9.40. The third-order valence-electron chi connectivity index (χ3n) is 2.98. The molecule has 0 heterocycles. The molecule has 0 saturated heterocycles. The van der Waals surface area contributed by atoms with Crippen LogP contribution in [0.2, 0.25) is 0 Å². The summed E-state index contributed by atoms with van der Waals surface area (Å²) in [7, 11) is -3.22. The van der Waals surface area contributed by atoms with Gasteiger partial charge in [-0.15, -0.1) is 12.4 Å². The smallest absolute Gasteiger partial charge is 0.251 e. The largest absolute Gasteiger partial charge is 0.350 e. The molecule has 0 unspecified atom stereocenters. The van der Waals surface area contributed by atoms with Crippen LogP contribution in [0.15, 0.2) is 29.2 Å². The number of carbonyl (C=O) groups excluding carboxylic acids is 1.